The quantitative estimate of drug-likeness (QED) is 0.754. The molecule has 0 unspecified atom stereocenters. The molecule has 5 heteroatoms. The van der Waals surface area contributed by atoms with Crippen molar-refractivity contribution in [1.29, 1.82) is 0 Å². The number of carbonyl (C=O) groups excluding carboxylic acids is 1. The summed E-state index contributed by atoms with van der Waals surface area (Å²) >= 11 is 0. The van der Waals surface area contributed by atoms with Gasteiger partial charge in [0.1, 0.15) is 5.75 Å². The molecule has 2 amide bonds. The topological polar surface area (TPSA) is 70.6 Å². The average Bonchev–Trinajstić information content (AvgIpc) is 2.59. The molecule has 0 heterocycles. The van der Waals surface area contributed by atoms with Crippen molar-refractivity contribution in [3.05, 3.63) is 29.8 Å². The first-order valence-electron chi connectivity index (χ1n) is 7.97. The van der Waals surface area contributed by atoms with Crippen LogP contribution < -0.4 is 15.4 Å². The van der Waals surface area contributed by atoms with E-state index in [0.717, 1.165) is 18.6 Å². The Hall–Kier alpha value is -1.75. The Morgan fingerprint density at radius 2 is 1.86 bits per heavy atom. The van der Waals surface area contributed by atoms with E-state index in [2.05, 4.69) is 22.8 Å². The van der Waals surface area contributed by atoms with Gasteiger partial charge in [0.2, 0.25) is 0 Å². The minimum Gasteiger partial charge on any atom is -0.497 e. The predicted molar refractivity (Wildman–Crippen MR) is 86.2 cm³/mol. The van der Waals surface area contributed by atoms with Crippen LogP contribution in [0.5, 0.6) is 5.75 Å². The molecule has 1 aliphatic rings. The summed E-state index contributed by atoms with van der Waals surface area (Å²) in [5.74, 6) is 0.850. The molecule has 22 heavy (non-hydrogen) atoms. The van der Waals surface area contributed by atoms with Gasteiger partial charge in [-0.25, -0.2) is 4.79 Å². The van der Waals surface area contributed by atoms with Gasteiger partial charge in [-0.3, -0.25) is 0 Å². The number of ether oxygens (including phenoxy) is 1. The van der Waals surface area contributed by atoms with Crippen molar-refractivity contribution >= 4 is 6.03 Å². The molecule has 0 aromatic heterocycles. The summed E-state index contributed by atoms with van der Waals surface area (Å²) in [6.45, 7) is 0.856. The number of amides is 2. The molecule has 3 N–H and O–H groups in total. The highest BCUT2D eigenvalue weighted by molar-refractivity contribution is 5.73. The summed E-state index contributed by atoms with van der Waals surface area (Å²) in [6.07, 6.45) is 5.80. The minimum atomic E-state index is -0.215. The fourth-order valence-electron chi connectivity index (χ4n) is 3.22. The van der Waals surface area contributed by atoms with Gasteiger partial charge in [-0.15, -0.1) is 0 Å². The molecule has 0 aliphatic heterocycles. The Labute approximate surface area is 132 Å². The number of rotatable bonds is 6. The van der Waals surface area contributed by atoms with E-state index in [0.29, 0.717) is 6.54 Å². The first-order chi connectivity index (χ1) is 10.7. The summed E-state index contributed by atoms with van der Waals surface area (Å²) in [5.41, 5.74) is 1.26. The second-order valence-corrected chi connectivity index (χ2v) is 5.90. The maximum Gasteiger partial charge on any atom is 0.314 e. The molecule has 1 fully saturated rings. The smallest absolute Gasteiger partial charge is 0.314 e. The maximum atomic E-state index is 11.8. The van der Waals surface area contributed by atoms with Crippen molar-refractivity contribution in [2.75, 3.05) is 26.8 Å². The van der Waals surface area contributed by atoms with Crippen LogP contribution in [0.25, 0.3) is 0 Å². The highest BCUT2D eigenvalue weighted by Crippen LogP contribution is 2.39. The molecule has 2 rings (SSSR count). The number of urea groups is 1. The monoisotopic (exact) mass is 306 g/mol. The lowest BCUT2D eigenvalue weighted by molar-refractivity contribution is 0.224. The number of aliphatic hydroxyl groups is 1. The van der Waals surface area contributed by atoms with Crippen LogP contribution in [0, 0.1) is 0 Å². The third-order valence-corrected chi connectivity index (χ3v) is 4.50. The molecular weight excluding hydrogens is 280 g/mol. The lowest BCUT2D eigenvalue weighted by Crippen LogP contribution is -2.46. The second kappa shape index (κ2) is 8.03. The van der Waals surface area contributed by atoms with Crippen LogP contribution in [-0.4, -0.2) is 37.9 Å². The molecule has 0 bridgehead atoms. The Kier molecular flexibility index (Phi) is 6.07. The number of methoxy groups -OCH3 is 1. The highest BCUT2D eigenvalue weighted by atomic mass is 16.5. The Bertz CT molecular complexity index is 467. The number of hydrogen-bond donors (Lipinski definition) is 3. The first-order valence-corrected chi connectivity index (χ1v) is 7.97. The number of hydrogen-bond acceptors (Lipinski definition) is 3. The van der Waals surface area contributed by atoms with Crippen LogP contribution in [0.3, 0.4) is 0 Å². The molecule has 1 aromatic rings. The predicted octanol–water partition coefficient (Wildman–Crippen LogP) is 2.19. The van der Waals surface area contributed by atoms with Gasteiger partial charge >= 0.3 is 6.03 Å². The minimum absolute atomic E-state index is 0.00107. The van der Waals surface area contributed by atoms with Crippen molar-refractivity contribution in [3.8, 4) is 5.75 Å². The lowest BCUT2D eigenvalue weighted by Gasteiger charge is -2.38. The average molecular weight is 306 g/mol. The third kappa shape index (κ3) is 4.13. The fraction of sp³-hybridized carbons (Fsp3) is 0.588. The van der Waals surface area contributed by atoms with E-state index in [4.69, 9.17) is 9.84 Å². The molecule has 1 aliphatic carbocycles. The molecule has 5 nitrogen and oxygen atoms in total. The van der Waals surface area contributed by atoms with Crippen LogP contribution in [0.4, 0.5) is 4.79 Å². The van der Waals surface area contributed by atoms with E-state index in [1.807, 2.05) is 12.1 Å². The summed E-state index contributed by atoms with van der Waals surface area (Å²) in [7, 11) is 1.67. The van der Waals surface area contributed by atoms with Crippen LogP contribution in [0.1, 0.15) is 37.7 Å². The molecule has 0 spiro atoms. The molecule has 0 atom stereocenters. The van der Waals surface area contributed by atoms with Crippen LogP contribution >= 0.6 is 0 Å². The normalized spacial score (nSPS) is 16.8. The lowest BCUT2D eigenvalue weighted by atomic mass is 9.69. The van der Waals surface area contributed by atoms with E-state index in [1.165, 1.54) is 24.8 Å². The van der Waals surface area contributed by atoms with E-state index in [9.17, 15) is 4.79 Å². The van der Waals surface area contributed by atoms with Crippen LogP contribution in [0.2, 0.25) is 0 Å². The van der Waals surface area contributed by atoms with Crippen molar-refractivity contribution in [1.82, 2.24) is 10.6 Å². The number of nitrogens with one attached hydrogen (secondary N) is 2. The van der Waals surface area contributed by atoms with Crippen molar-refractivity contribution in [2.24, 2.45) is 0 Å². The second-order valence-electron chi connectivity index (χ2n) is 5.90. The van der Waals surface area contributed by atoms with Gasteiger partial charge < -0.3 is 20.5 Å². The summed E-state index contributed by atoms with van der Waals surface area (Å²) in [4.78, 5) is 11.8. The van der Waals surface area contributed by atoms with Crippen LogP contribution in [-0.2, 0) is 5.41 Å². The molecule has 0 radical (unpaired) electrons. The summed E-state index contributed by atoms with van der Waals surface area (Å²) < 4.78 is 5.23. The highest BCUT2D eigenvalue weighted by Gasteiger charge is 2.34. The first kappa shape index (κ1) is 16.6. The van der Waals surface area contributed by atoms with E-state index in [1.54, 1.807) is 7.11 Å². The van der Waals surface area contributed by atoms with Crippen LogP contribution in [0.15, 0.2) is 24.3 Å². The molecule has 1 saturated carbocycles. The summed E-state index contributed by atoms with van der Waals surface area (Å²) in [5, 5.41) is 14.4. The Morgan fingerprint density at radius 1 is 1.18 bits per heavy atom. The third-order valence-electron chi connectivity index (χ3n) is 4.50. The Morgan fingerprint density at radius 3 is 2.45 bits per heavy atom. The largest absolute Gasteiger partial charge is 0.497 e. The van der Waals surface area contributed by atoms with E-state index in [-0.39, 0.29) is 24.6 Å². The van der Waals surface area contributed by atoms with E-state index >= 15 is 0 Å². The number of benzene rings is 1. The van der Waals surface area contributed by atoms with Crippen molar-refractivity contribution in [3.63, 3.8) is 0 Å². The van der Waals surface area contributed by atoms with E-state index < -0.39 is 0 Å². The number of aliphatic hydroxyl groups excluding tert-OH is 1. The van der Waals surface area contributed by atoms with Gasteiger partial charge in [-0.05, 0) is 30.5 Å². The van der Waals surface area contributed by atoms with Gasteiger partial charge in [-0.1, -0.05) is 31.4 Å². The number of carbonyl (C=O) groups is 1. The van der Waals surface area contributed by atoms with Gasteiger partial charge in [0.15, 0.2) is 0 Å². The Balaban J connectivity index is 2.07. The molecular formula is C17H26N2O3. The zero-order valence-electron chi connectivity index (χ0n) is 13.2. The van der Waals surface area contributed by atoms with Crippen molar-refractivity contribution < 1.29 is 14.6 Å². The summed E-state index contributed by atoms with van der Waals surface area (Å²) in [6, 6.07) is 7.97. The zero-order chi connectivity index (χ0) is 15.8. The SMILES string of the molecule is COc1ccc(C2(CNC(=O)NCCO)CCCCC2)cc1. The maximum absolute atomic E-state index is 11.8. The van der Waals surface area contributed by atoms with Gasteiger partial charge in [0, 0.05) is 18.5 Å². The van der Waals surface area contributed by atoms with Gasteiger partial charge in [0.05, 0.1) is 13.7 Å². The molecule has 1 aromatic carbocycles. The molecule has 0 saturated heterocycles. The van der Waals surface area contributed by atoms with Gasteiger partial charge in [-0.2, -0.15) is 0 Å². The van der Waals surface area contributed by atoms with Crippen molar-refractivity contribution in [2.45, 2.75) is 37.5 Å². The standard InChI is InChI=1S/C17H26N2O3/c1-22-15-7-5-14(6-8-15)17(9-3-2-4-10-17)13-19-16(21)18-11-12-20/h5-8,20H,2-4,9-13H2,1H3,(H2,18,19,21). The zero-order valence-corrected chi connectivity index (χ0v) is 13.2. The van der Waals surface area contributed by atoms with Gasteiger partial charge in [0.25, 0.3) is 0 Å². The molecule has 122 valence electrons. The fourth-order valence-corrected chi connectivity index (χ4v) is 3.22.